The molecule has 0 aliphatic carbocycles. The predicted octanol–water partition coefficient (Wildman–Crippen LogP) is 0.745. The molecule has 0 saturated carbocycles. The highest BCUT2D eigenvalue weighted by molar-refractivity contribution is 5.91. The third-order valence-electron chi connectivity index (χ3n) is 1.90. The number of carbonyl (C=O) groups excluding carboxylic acids is 3. The summed E-state index contributed by atoms with van der Waals surface area (Å²) >= 11 is 0. The quantitative estimate of drug-likeness (QED) is 0.532. The van der Waals surface area contributed by atoms with E-state index < -0.39 is 11.9 Å². The lowest BCUT2D eigenvalue weighted by Gasteiger charge is -2.13. The number of rotatable bonds is 7. The molecule has 1 atom stereocenters. The molecule has 0 unspecified atom stereocenters. The van der Waals surface area contributed by atoms with Crippen molar-refractivity contribution in [3.05, 3.63) is 12.2 Å². The fourth-order valence-corrected chi connectivity index (χ4v) is 1.14. The topological polar surface area (TPSA) is 93.7 Å². The van der Waals surface area contributed by atoms with Crippen LogP contribution in [0.5, 0.6) is 0 Å². The molecule has 0 fully saturated rings. The van der Waals surface area contributed by atoms with Gasteiger partial charge in [0.05, 0.1) is 12.1 Å². The summed E-state index contributed by atoms with van der Waals surface area (Å²) in [6.45, 7) is 7.43. The zero-order valence-corrected chi connectivity index (χ0v) is 12.3. The van der Waals surface area contributed by atoms with Crippen molar-refractivity contribution in [2.24, 2.45) is 0 Å². The molecule has 2 N–H and O–H groups in total. The molecule has 0 aromatic carbocycles. The summed E-state index contributed by atoms with van der Waals surface area (Å²) in [5, 5.41) is 5.14. The van der Waals surface area contributed by atoms with Crippen LogP contribution >= 0.6 is 0 Å². The number of hydrogen-bond donors (Lipinski definition) is 2. The highest BCUT2D eigenvalue weighted by Crippen LogP contribution is 1.92. The summed E-state index contributed by atoms with van der Waals surface area (Å²) in [4.78, 5) is 33.6. The van der Waals surface area contributed by atoms with Gasteiger partial charge in [-0.25, -0.2) is 14.4 Å². The molecule has 7 nitrogen and oxygen atoms in total. The van der Waals surface area contributed by atoms with E-state index in [0.29, 0.717) is 6.54 Å². The van der Waals surface area contributed by atoms with Gasteiger partial charge in [0.15, 0.2) is 0 Å². The first-order valence-corrected chi connectivity index (χ1v) is 6.45. The van der Waals surface area contributed by atoms with Crippen molar-refractivity contribution in [3.63, 3.8) is 0 Å². The molecule has 20 heavy (non-hydrogen) atoms. The molecule has 0 aliphatic heterocycles. The van der Waals surface area contributed by atoms with Gasteiger partial charge in [-0.05, 0) is 27.7 Å². The van der Waals surface area contributed by atoms with Gasteiger partial charge in [0.1, 0.15) is 6.61 Å². The average molecular weight is 286 g/mol. The molecular formula is C13H22N2O5. The van der Waals surface area contributed by atoms with Crippen molar-refractivity contribution in [2.45, 2.75) is 39.8 Å². The summed E-state index contributed by atoms with van der Waals surface area (Å²) in [6.07, 6.45) is 1.75. The zero-order chi connectivity index (χ0) is 15.5. The third-order valence-corrected chi connectivity index (χ3v) is 1.90. The normalized spacial score (nSPS) is 12.1. The Hall–Kier alpha value is -2.05. The smallest absolute Gasteiger partial charge is 0.331 e. The molecule has 0 bridgehead atoms. The molecule has 0 aromatic rings. The highest BCUT2D eigenvalue weighted by atomic mass is 16.5. The van der Waals surface area contributed by atoms with Crippen LogP contribution in [0.15, 0.2) is 12.2 Å². The van der Waals surface area contributed by atoms with Crippen LogP contribution in [0.4, 0.5) is 4.79 Å². The van der Waals surface area contributed by atoms with Crippen molar-refractivity contribution >= 4 is 18.0 Å². The standard InChI is InChI=1S/C13H22N2O5/c1-5-14-13(18)15-10(4)8-19-11(16)6-7-12(17)20-9(2)3/h6-7,9-10H,5,8H2,1-4H3,(H2,14,15,18)/b7-6+/t10-/m0/s1. The Kier molecular flexibility index (Phi) is 8.82. The van der Waals surface area contributed by atoms with Crippen molar-refractivity contribution < 1.29 is 23.9 Å². The minimum Gasteiger partial charge on any atom is -0.460 e. The Morgan fingerprint density at radius 1 is 1.10 bits per heavy atom. The van der Waals surface area contributed by atoms with Crippen LogP contribution in [0.25, 0.3) is 0 Å². The maximum Gasteiger partial charge on any atom is 0.331 e. The van der Waals surface area contributed by atoms with E-state index in [4.69, 9.17) is 9.47 Å². The largest absolute Gasteiger partial charge is 0.460 e. The summed E-state index contributed by atoms with van der Waals surface area (Å²) < 4.78 is 9.67. The molecule has 0 aromatic heterocycles. The molecule has 0 aliphatic rings. The number of nitrogens with one attached hydrogen (secondary N) is 2. The number of urea groups is 1. The zero-order valence-electron chi connectivity index (χ0n) is 12.3. The number of ether oxygens (including phenoxy) is 2. The predicted molar refractivity (Wildman–Crippen MR) is 73.0 cm³/mol. The van der Waals surface area contributed by atoms with E-state index in [1.165, 1.54) is 0 Å². The molecule has 0 spiro atoms. The first-order valence-electron chi connectivity index (χ1n) is 6.45. The van der Waals surface area contributed by atoms with Crippen LogP contribution in [0.1, 0.15) is 27.7 Å². The fraction of sp³-hybridized carbons (Fsp3) is 0.615. The minimum absolute atomic E-state index is 0.0134. The summed E-state index contributed by atoms with van der Waals surface area (Å²) in [5.41, 5.74) is 0. The van der Waals surface area contributed by atoms with Crippen molar-refractivity contribution in [1.29, 1.82) is 0 Å². The molecular weight excluding hydrogens is 264 g/mol. The summed E-state index contributed by atoms with van der Waals surface area (Å²) in [6, 6.07) is -0.659. The lowest BCUT2D eigenvalue weighted by Crippen LogP contribution is -2.42. The second-order valence-electron chi connectivity index (χ2n) is 4.35. The van der Waals surface area contributed by atoms with Gasteiger partial charge in [0.2, 0.25) is 0 Å². The Morgan fingerprint density at radius 2 is 1.70 bits per heavy atom. The number of carbonyl (C=O) groups is 3. The molecule has 0 rings (SSSR count). The molecule has 0 saturated heterocycles. The minimum atomic E-state index is -0.671. The fourth-order valence-electron chi connectivity index (χ4n) is 1.14. The van der Waals surface area contributed by atoms with E-state index >= 15 is 0 Å². The number of amides is 2. The van der Waals surface area contributed by atoms with Crippen LogP contribution in [-0.4, -0.2) is 43.3 Å². The van der Waals surface area contributed by atoms with Crippen LogP contribution in [-0.2, 0) is 19.1 Å². The maximum absolute atomic E-state index is 11.3. The molecule has 0 heterocycles. The average Bonchev–Trinajstić information content (AvgIpc) is 2.33. The van der Waals surface area contributed by atoms with Gasteiger partial charge in [-0.15, -0.1) is 0 Å². The second kappa shape index (κ2) is 9.82. The Balaban J connectivity index is 3.95. The molecule has 7 heteroatoms. The van der Waals surface area contributed by atoms with Crippen LogP contribution in [0.2, 0.25) is 0 Å². The van der Waals surface area contributed by atoms with Crippen molar-refractivity contribution in [1.82, 2.24) is 10.6 Å². The van der Waals surface area contributed by atoms with Crippen LogP contribution < -0.4 is 10.6 Å². The van der Waals surface area contributed by atoms with E-state index in [1.807, 2.05) is 0 Å². The van der Waals surface area contributed by atoms with Crippen molar-refractivity contribution in [2.75, 3.05) is 13.2 Å². The maximum atomic E-state index is 11.3. The van der Waals surface area contributed by atoms with Gasteiger partial charge in [0.25, 0.3) is 0 Å². The van der Waals surface area contributed by atoms with E-state index in [0.717, 1.165) is 12.2 Å². The lowest BCUT2D eigenvalue weighted by atomic mass is 10.4. The Labute approximate surface area is 118 Å². The van der Waals surface area contributed by atoms with E-state index in [-0.39, 0.29) is 24.8 Å². The summed E-state index contributed by atoms with van der Waals surface area (Å²) in [7, 11) is 0. The van der Waals surface area contributed by atoms with Crippen molar-refractivity contribution in [3.8, 4) is 0 Å². The van der Waals surface area contributed by atoms with Gasteiger partial charge in [-0.1, -0.05) is 0 Å². The van der Waals surface area contributed by atoms with E-state index in [1.54, 1.807) is 27.7 Å². The van der Waals surface area contributed by atoms with Crippen LogP contribution in [0, 0.1) is 0 Å². The molecule has 114 valence electrons. The Bertz CT molecular complexity index is 366. The number of hydrogen-bond acceptors (Lipinski definition) is 5. The van der Waals surface area contributed by atoms with Gasteiger partial charge in [-0.2, -0.15) is 0 Å². The molecule has 0 radical (unpaired) electrons. The first kappa shape index (κ1) is 17.9. The highest BCUT2D eigenvalue weighted by Gasteiger charge is 2.08. The summed E-state index contributed by atoms with van der Waals surface area (Å²) in [5.74, 6) is -1.28. The van der Waals surface area contributed by atoms with Gasteiger partial charge in [0, 0.05) is 18.7 Å². The second-order valence-corrected chi connectivity index (χ2v) is 4.35. The third kappa shape index (κ3) is 9.93. The van der Waals surface area contributed by atoms with E-state index in [2.05, 4.69) is 10.6 Å². The SMILES string of the molecule is CCNC(=O)N[C@@H](C)COC(=O)/C=C/C(=O)OC(C)C. The Morgan fingerprint density at radius 3 is 2.25 bits per heavy atom. The van der Waals surface area contributed by atoms with Gasteiger partial charge >= 0.3 is 18.0 Å². The number of esters is 2. The monoisotopic (exact) mass is 286 g/mol. The van der Waals surface area contributed by atoms with Gasteiger partial charge in [-0.3, -0.25) is 0 Å². The van der Waals surface area contributed by atoms with E-state index in [9.17, 15) is 14.4 Å². The first-order chi connectivity index (χ1) is 9.35. The lowest BCUT2D eigenvalue weighted by molar-refractivity contribution is -0.143. The molecule has 2 amide bonds. The van der Waals surface area contributed by atoms with Crippen LogP contribution in [0.3, 0.4) is 0 Å². The van der Waals surface area contributed by atoms with Gasteiger partial charge < -0.3 is 20.1 Å².